The highest BCUT2D eigenvalue weighted by molar-refractivity contribution is 5.71. The van der Waals surface area contributed by atoms with Crippen LogP contribution >= 0.6 is 0 Å². The second kappa shape index (κ2) is 11.5. The normalized spacial score (nSPS) is 18.6. The number of esters is 1. The maximum absolute atomic E-state index is 15.4. The first kappa shape index (κ1) is 26.3. The molecule has 1 aliphatic heterocycles. The van der Waals surface area contributed by atoms with Crippen LogP contribution in [0.2, 0.25) is 0 Å². The molecule has 0 amide bonds. The molecule has 0 N–H and O–H groups in total. The van der Waals surface area contributed by atoms with E-state index in [9.17, 15) is 4.79 Å². The van der Waals surface area contributed by atoms with Gasteiger partial charge in [0.15, 0.2) is 5.82 Å². The third kappa shape index (κ3) is 7.15. The number of piperidine rings is 1. The Morgan fingerprint density at radius 3 is 2.47 bits per heavy atom. The zero-order valence-electron chi connectivity index (χ0n) is 21.8. The number of carbonyl (C=O) groups is 1. The Labute approximate surface area is 214 Å². The van der Waals surface area contributed by atoms with Crippen LogP contribution < -0.4 is 9.80 Å². The number of hydrogen-bond donors (Lipinski definition) is 0. The fourth-order valence-electron chi connectivity index (χ4n) is 5.04. The number of halogens is 1. The maximum atomic E-state index is 15.4. The van der Waals surface area contributed by atoms with Crippen LogP contribution in [0.3, 0.4) is 0 Å². The van der Waals surface area contributed by atoms with Crippen molar-refractivity contribution < 1.29 is 18.7 Å². The first-order chi connectivity index (χ1) is 17.2. The lowest BCUT2D eigenvalue weighted by Crippen LogP contribution is -2.45. The molecular formula is C28H39FN4O3. The van der Waals surface area contributed by atoms with Gasteiger partial charge in [-0.05, 0) is 45.7 Å². The van der Waals surface area contributed by atoms with Crippen molar-refractivity contribution >= 4 is 23.3 Å². The fourth-order valence-corrected chi connectivity index (χ4v) is 5.04. The molecule has 1 aromatic carbocycles. The zero-order chi connectivity index (χ0) is 25.6. The Morgan fingerprint density at radius 1 is 1.11 bits per heavy atom. The Balaban J connectivity index is 1.38. The SMILES string of the molecule is CC(C)(C)OC(=O)COCC1(F)CCN(c2cncc(N(c3ccccc3)C3CCCCC3)n2)CC1. The minimum Gasteiger partial charge on any atom is -0.458 e. The first-order valence-corrected chi connectivity index (χ1v) is 13.1. The Hall–Kier alpha value is -2.74. The topological polar surface area (TPSA) is 67.8 Å². The molecule has 36 heavy (non-hydrogen) atoms. The summed E-state index contributed by atoms with van der Waals surface area (Å²) in [6.45, 7) is 6.06. The number of ether oxygens (including phenoxy) is 2. The Kier molecular flexibility index (Phi) is 8.44. The summed E-state index contributed by atoms with van der Waals surface area (Å²) in [5, 5.41) is 0. The van der Waals surface area contributed by atoms with Crippen LogP contribution in [0.5, 0.6) is 0 Å². The standard InChI is InChI=1S/C28H39FN4O3/c1-27(2,3)36-26(34)20-35-21-28(29)14-16-32(17-15-28)24-18-30-19-25(31-24)33(22-10-6-4-7-11-22)23-12-8-5-9-13-23/h4,6-7,10-11,18-19,23H,5,8-9,12-17,20-21H2,1-3H3. The highest BCUT2D eigenvalue weighted by Gasteiger charge is 2.36. The number of rotatable bonds is 8. The molecule has 196 valence electrons. The molecule has 2 aromatic rings. The summed E-state index contributed by atoms with van der Waals surface area (Å²) in [5.41, 5.74) is -0.928. The van der Waals surface area contributed by atoms with Crippen molar-refractivity contribution in [2.75, 3.05) is 36.1 Å². The summed E-state index contributed by atoms with van der Waals surface area (Å²) < 4.78 is 26.0. The van der Waals surface area contributed by atoms with E-state index >= 15 is 4.39 Å². The van der Waals surface area contributed by atoms with E-state index in [0.717, 1.165) is 30.2 Å². The van der Waals surface area contributed by atoms with Crippen molar-refractivity contribution in [2.24, 2.45) is 0 Å². The van der Waals surface area contributed by atoms with Gasteiger partial charge in [-0.15, -0.1) is 0 Å². The van der Waals surface area contributed by atoms with Gasteiger partial charge in [0.05, 0.1) is 19.0 Å². The Morgan fingerprint density at radius 2 is 1.81 bits per heavy atom. The number of anilines is 3. The van der Waals surface area contributed by atoms with Crippen molar-refractivity contribution in [1.29, 1.82) is 0 Å². The Bertz CT molecular complexity index is 984. The monoisotopic (exact) mass is 498 g/mol. The van der Waals surface area contributed by atoms with Gasteiger partial charge in [0.2, 0.25) is 0 Å². The van der Waals surface area contributed by atoms with Gasteiger partial charge in [-0.3, -0.25) is 4.98 Å². The second-order valence-corrected chi connectivity index (χ2v) is 11.0. The number of para-hydroxylation sites is 1. The predicted octanol–water partition coefficient (Wildman–Crippen LogP) is 5.61. The molecule has 1 aliphatic carbocycles. The lowest BCUT2D eigenvalue weighted by atomic mass is 9.93. The van der Waals surface area contributed by atoms with E-state index in [-0.39, 0.29) is 13.2 Å². The smallest absolute Gasteiger partial charge is 0.332 e. The summed E-state index contributed by atoms with van der Waals surface area (Å²) in [6, 6.07) is 10.8. The van der Waals surface area contributed by atoms with E-state index in [0.29, 0.717) is 32.0 Å². The van der Waals surface area contributed by atoms with E-state index in [1.54, 1.807) is 27.0 Å². The number of hydrogen-bond acceptors (Lipinski definition) is 7. The predicted molar refractivity (Wildman–Crippen MR) is 139 cm³/mol. The number of alkyl halides is 1. The molecule has 0 unspecified atom stereocenters. The summed E-state index contributed by atoms with van der Waals surface area (Å²) in [6.07, 6.45) is 10.2. The molecule has 0 bridgehead atoms. The highest BCUT2D eigenvalue weighted by Crippen LogP contribution is 2.34. The van der Waals surface area contributed by atoms with E-state index in [2.05, 4.69) is 39.0 Å². The van der Waals surface area contributed by atoms with Crippen LogP contribution in [-0.4, -0.2) is 59.6 Å². The molecule has 0 radical (unpaired) electrons. The molecule has 2 heterocycles. The lowest BCUT2D eigenvalue weighted by molar-refractivity contribution is -0.161. The van der Waals surface area contributed by atoms with Crippen LogP contribution in [0.15, 0.2) is 42.7 Å². The van der Waals surface area contributed by atoms with E-state index in [4.69, 9.17) is 14.5 Å². The molecule has 4 rings (SSSR count). The van der Waals surface area contributed by atoms with Crippen LogP contribution in [0.25, 0.3) is 0 Å². The van der Waals surface area contributed by atoms with Crippen molar-refractivity contribution in [3.8, 4) is 0 Å². The van der Waals surface area contributed by atoms with Gasteiger partial charge >= 0.3 is 5.97 Å². The minimum atomic E-state index is -1.47. The third-order valence-electron chi connectivity index (χ3n) is 6.81. The van der Waals surface area contributed by atoms with Gasteiger partial charge < -0.3 is 19.3 Å². The largest absolute Gasteiger partial charge is 0.458 e. The average Bonchev–Trinajstić information content (AvgIpc) is 2.85. The summed E-state index contributed by atoms with van der Waals surface area (Å²) >= 11 is 0. The molecule has 8 heteroatoms. The van der Waals surface area contributed by atoms with E-state index < -0.39 is 17.2 Å². The van der Waals surface area contributed by atoms with Crippen LogP contribution in [0.4, 0.5) is 21.7 Å². The van der Waals surface area contributed by atoms with Gasteiger partial charge in [-0.1, -0.05) is 37.5 Å². The third-order valence-corrected chi connectivity index (χ3v) is 6.81. The first-order valence-electron chi connectivity index (χ1n) is 13.1. The quantitative estimate of drug-likeness (QED) is 0.438. The van der Waals surface area contributed by atoms with Crippen LogP contribution in [0, 0.1) is 0 Å². The molecule has 7 nitrogen and oxygen atoms in total. The molecular weight excluding hydrogens is 459 g/mol. The molecule has 0 spiro atoms. The zero-order valence-corrected chi connectivity index (χ0v) is 21.8. The molecule has 1 aromatic heterocycles. The van der Waals surface area contributed by atoms with Crippen molar-refractivity contribution in [3.05, 3.63) is 42.7 Å². The molecule has 2 fully saturated rings. The van der Waals surface area contributed by atoms with Crippen LogP contribution in [-0.2, 0) is 14.3 Å². The number of aromatic nitrogens is 2. The van der Waals surface area contributed by atoms with Crippen LogP contribution in [0.1, 0.15) is 65.7 Å². The molecule has 1 saturated heterocycles. The summed E-state index contributed by atoms with van der Waals surface area (Å²) in [4.78, 5) is 25.8. The number of nitrogens with zero attached hydrogens (tertiary/aromatic N) is 4. The number of carbonyl (C=O) groups excluding carboxylic acids is 1. The average molecular weight is 499 g/mol. The van der Waals surface area contributed by atoms with Gasteiger partial charge in [0.25, 0.3) is 0 Å². The number of benzene rings is 1. The van der Waals surface area contributed by atoms with Crippen molar-refractivity contribution in [1.82, 2.24) is 9.97 Å². The minimum absolute atomic E-state index is 0.116. The van der Waals surface area contributed by atoms with E-state index in [1.165, 1.54) is 19.3 Å². The maximum Gasteiger partial charge on any atom is 0.332 e. The highest BCUT2D eigenvalue weighted by atomic mass is 19.1. The van der Waals surface area contributed by atoms with Gasteiger partial charge in [0, 0.05) is 37.7 Å². The molecule has 2 aliphatic rings. The molecule has 1 saturated carbocycles. The fraction of sp³-hybridized carbons (Fsp3) is 0.607. The van der Waals surface area contributed by atoms with Gasteiger partial charge in [0.1, 0.15) is 23.7 Å². The second-order valence-electron chi connectivity index (χ2n) is 11.0. The summed E-state index contributed by atoms with van der Waals surface area (Å²) in [7, 11) is 0. The van der Waals surface area contributed by atoms with Gasteiger partial charge in [-0.25, -0.2) is 14.2 Å². The van der Waals surface area contributed by atoms with Crippen molar-refractivity contribution in [2.45, 2.75) is 83.0 Å². The van der Waals surface area contributed by atoms with Crippen molar-refractivity contribution in [3.63, 3.8) is 0 Å². The lowest BCUT2D eigenvalue weighted by Gasteiger charge is -2.38. The molecule has 0 atom stereocenters. The van der Waals surface area contributed by atoms with Gasteiger partial charge in [-0.2, -0.15) is 0 Å². The summed E-state index contributed by atoms with van der Waals surface area (Å²) in [5.74, 6) is 1.13. The van der Waals surface area contributed by atoms with E-state index in [1.807, 2.05) is 12.3 Å².